The van der Waals surface area contributed by atoms with E-state index in [4.69, 9.17) is 23.4 Å². The number of aryl methyl sites for hydroxylation is 2. The number of ether oxygens (including phenoxy) is 4. The van der Waals surface area contributed by atoms with Crippen molar-refractivity contribution < 1.29 is 28.2 Å². The van der Waals surface area contributed by atoms with Crippen LogP contribution in [-0.2, 0) is 0 Å². The Morgan fingerprint density at radius 2 is 1.52 bits per heavy atom. The topological polar surface area (TPSA) is 79.2 Å². The van der Waals surface area contributed by atoms with Crippen LogP contribution in [0.2, 0.25) is 0 Å². The molecule has 0 fully saturated rings. The van der Waals surface area contributed by atoms with Crippen LogP contribution in [0.3, 0.4) is 0 Å². The minimum absolute atomic E-state index is 0.0890. The lowest BCUT2D eigenvalue weighted by Gasteiger charge is -2.15. The first-order valence-electron chi connectivity index (χ1n) is 8.92. The van der Waals surface area contributed by atoms with Crippen LogP contribution < -0.4 is 24.3 Å². The average Bonchev–Trinajstić information content (AvgIpc) is 3.19. The van der Waals surface area contributed by atoms with Crippen LogP contribution in [0.5, 0.6) is 28.9 Å². The highest BCUT2D eigenvalue weighted by Gasteiger charge is 2.19. The Balaban J connectivity index is 1.83. The zero-order valence-electron chi connectivity index (χ0n) is 17.0. The number of carbonyl (C=O) groups is 1. The van der Waals surface area contributed by atoms with Gasteiger partial charge in [-0.2, -0.15) is 0 Å². The van der Waals surface area contributed by atoms with Crippen LogP contribution >= 0.6 is 0 Å². The Hall–Kier alpha value is -3.61. The number of rotatable bonds is 7. The second-order valence-electron chi connectivity index (χ2n) is 6.30. The van der Waals surface area contributed by atoms with Gasteiger partial charge in [-0.1, -0.05) is 18.2 Å². The lowest BCUT2D eigenvalue weighted by Crippen LogP contribution is -2.13. The van der Waals surface area contributed by atoms with E-state index in [9.17, 15) is 4.79 Å². The fraction of sp³-hybridized carbons (Fsp3) is 0.227. The molecule has 152 valence electrons. The number of amides is 1. The van der Waals surface area contributed by atoms with Gasteiger partial charge in [-0.3, -0.25) is 4.79 Å². The van der Waals surface area contributed by atoms with Gasteiger partial charge >= 0.3 is 0 Å². The lowest BCUT2D eigenvalue weighted by atomic mass is 10.1. The van der Waals surface area contributed by atoms with Crippen molar-refractivity contribution in [1.29, 1.82) is 0 Å². The first-order valence-corrected chi connectivity index (χ1v) is 8.92. The third-order valence-electron chi connectivity index (χ3n) is 4.37. The summed E-state index contributed by atoms with van der Waals surface area (Å²) in [5, 5.41) is 2.75. The van der Waals surface area contributed by atoms with Crippen molar-refractivity contribution in [3.63, 3.8) is 0 Å². The van der Waals surface area contributed by atoms with Gasteiger partial charge in [-0.05, 0) is 31.0 Å². The SMILES string of the molecule is COc1cc(OC)c(NC(=O)c2ccc(Oc3c(C)cccc3C)o2)c(OC)c1. The lowest BCUT2D eigenvalue weighted by molar-refractivity contribution is 0.0991. The first kappa shape index (κ1) is 20.1. The number of benzene rings is 2. The van der Waals surface area contributed by atoms with Crippen molar-refractivity contribution in [1.82, 2.24) is 0 Å². The number of nitrogens with one attached hydrogen (secondary N) is 1. The molecule has 7 nitrogen and oxygen atoms in total. The van der Waals surface area contributed by atoms with Gasteiger partial charge in [0.25, 0.3) is 11.9 Å². The fourth-order valence-corrected chi connectivity index (χ4v) is 2.86. The Morgan fingerprint density at radius 3 is 2.07 bits per heavy atom. The van der Waals surface area contributed by atoms with Crippen LogP contribution in [0.25, 0.3) is 0 Å². The molecule has 3 rings (SSSR count). The van der Waals surface area contributed by atoms with Crippen LogP contribution in [0, 0.1) is 13.8 Å². The molecule has 2 aromatic carbocycles. The summed E-state index contributed by atoms with van der Waals surface area (Å²) in [5.74, 6) is 1.88. The van der Waals surface area contributed by atoms with E-state index < -0.39 is 5.91 Å². The van der Waals surface area contributed by atoms with Gasteiger partial charge in [-0.15, -0.1) is 0 Å². The number of carbonyl (C=O) groups excluding carboxylic acids is 1. The minimum atomic E-state index is -0.469. The molecule has 0 spiro atoms. The van der Waals surface area contributed by atoms with E-state index in [1.807, 2.05) is 32.0 Å². The van der Waals surface area contributed by atoms with Crippen molar-refractivity contribution in [3.05, 3.63) is 59.4 Å². The maximum absolute atomic E-state index is 12.7. The Kier molecular flexibility index (Phi) is 5.97. The van der Waals surface area contributed by atoms with Crippen LogP contribution in [0.4, 0.5) is 5.69 Å². The standard InChI is InChI=1S/C22H23NO6/c1-13-7-6-8-14(2)21(13)29-19-10-9-16(28-19)22(24)23-20-17(26-4)11-15(25-3)12-18(20)27-5/h6-12H,1-5H3,(H,23,24). The molecule has 0 bridgehead atoms. The Labute approximate surface area is 169 Å². The van der Waals surface area contributed by atoms with E-state index in [-0.39, 0.29) is 11.7 Å². The summed E-state index contributed by atoms with van der Waals surface area (Å²) in [5.41, 5.74) is 2.31. The Bertz CT molecular complexity index is 979. The fourth-order valence-electron chi connectivity index (χ4n) is 2.86. The van der Waals surface area contributed by atoms with E-state index >= 15 is 0 Å². The highest BCUT2D eigenvalue weighted by Crippen LogP contribution is 2.39. The monoisotopic (exact) mass is 397 g/mol. The molecule has 0 aliphatic carbocycles. The van der Waals surface area contributed by atoms with Crippen LogP contribution in [-0.4, -0.2) is 27.2 Å². The second kappa shape index (κ2) is 8.60. The number of hydrogen-bond donors (Lipinski definition) is 1. The van der Waals surface area contributed by atoms with Crippen LogP contribution in [0.15, 0.2) is 46.9 Å². The quantitative estimate of drug-likeness (QED) is 0.607. The Morgan fingerprint density at radius 1 is 0.897 bits per heavy atom. The molecule has 29 heavy (non-hydrogen) atoms. The van der Waals surface area contributed by atoms with E-state index in [1.165, 1.54) is 21.3 Å². The summed E-state index contributed by atoms with van der Waals surface area (Å²) >= 11 is 0. The molecule has 7 heteroatoms. The summed E-state index contributed by atoms with van der Waals surface area (Å²) in [4.78, 5) is 12.7. The smallest absolute Gasteiger partial charge is 0.291 e. The summed E-state index contributed by atoms with van der Waals surface area (Å²) in [6.45, 7) is 3.89. The normalized spacial score (nSPS) is 10.4. The summed E-state index contributed by atoms with van der Waals surface area (Å²) in [7, 11) is 4.52. The minimum Gasteiger partial charge on any atom is -0.496 e. The van der Waals surface area contributed by atoms with Crippen molar-refractivity contribution in [2.75, 3.05) is 26.6 Å². The molecule has 1 aromatic heterocycles. The largest absolute Gasteiger partial charge is 0.496 e. The van der Waals surface area contributed by atoms with Gasteiger partial charge in [-0.25, -0.2) is 0 Å². The molecule has 0 aliphatic rings. The molecule has 0 atom stereocenters. The molecule has 0 saturated carbocycles. The third-order valence-corrected chi connectivity index (χ3v) is 4.37. The molecule has 1 amide bonds. The predicted molar refractivity (Wildman–Crippen MR) is 109 cm³/mol. The molecule has 0 unspecified atom stereocenters. The summed E-state index contributed by atoms with van der Waals surface area (Å²) in [6.07, 6.45) is 0. The van der Waals surface area contributed by atoms with Gasteiger partial charge < -0.3 is 28.7 Å². The average molecular weight is 397 g/mol. The highest BCUT2D eigenvalue weighted by atomic mass is 16.6. The molecule has 3 aromatic rings. The summed E-state index contributed by atoms with van der Waals surface area (Å²) in [6, 6.07) is 12.3. The van der Waals surface area contributed by atoms with E-state index in [0.29, 0.717) is 28.7 Å². The van der Waals surface area contributed by atoms with Crippen molar-refractivity contribution >= 4 is 11.6 Å². The van der Waals surface area contributed by atoms with E-state index in [1.54, 1.807) is 24.3 Å². The molecule has 1 heterocycles. The van der Waals surface area contributed by atoms with Gasteiger partial charge in [0.05, 0.1) is 21.3 Å². The van der Waals surface area contributed by atoms with Gasteiger partial charge in [0.1, 0.15) is 28.7 Å². The highest BCUT2D eigenvalue weighted by molar-refractivity contribution is 6.04. The van der Waals surface area contributed by atoms with Crippen molar-refractivity contribution in [2.24, 2.45) is 0 Å². The maximum Gasteiger partial charge on any atom is 0.291 e. The maximum atomic E-state index is 12.7. The second-order valence-corrected chi connectivity index (χ2v) is 6.30. The third kappa shape index (κ3) is 4.29. The summed E-state index contributed by atoms with van der Waals surface area (Å²) < 4.78 is 27.3. The molecular formula is C22H23NO6. The molecule has 0 aliphatic heterocycles. The van der Waals surface area contributed by atoms with Crippen LogP contribution in [0.1, 0.15) is 21.7 Å². The van der Waals surface area contributed by atoms with Crippen molar-refractivity contribution in [2.45, 2.75) is 13.8 Å². The van der Waals surface area contributed by atoms with Gasteiger partial charge in [0, 0.05) is 18.2 Å². The molecule has 0 radical (unpaired) electrons. The number of furan rings is 1. The zero-order valence-corrected chi connectivity index (χ0v) is 17.0. The van der Waals surface area contributed by atoms with E-state index in [0.717, 1.165) is 11.1 Å². The van der Waals surface area contributed by atoms with E-state index in [2.05, 4.69) is 5.32 Å². The number of hydrogen-bond acceptors (Lipinski definition) is 6. The van der Waals surface area contributed by atoms with Gasteiger partial charge in [0.2, 0.25) is 0 Å². The molecule has 1 N–H and O–H groups in total. The number of para-hydroxylation sites is 1. The first-order chi connectivity index (χ1) is 14.0. The number of anilines is 1. The predicted octanol–water partition coefficient (Wildman–Crippen LogP) is 4.97. The van der Waals surface area contributed by atoms with Crippen molar-refractivity contribution in [3.8, 4) is 28.9 Å². The zero-order chi connectivity index (χ0) is 21.0. The number of methoxy groups -OCH3 is 3. The van der Waals surface area contributed by atoms with Gasteiger partial charge in [0.15, 0.2) is 5.76 Å². The molecular weight excluding hydrogens is 374 g/mol. The molecule has 0 saturated heterocycles.